The maximum Gasteiger partial charge on any atom is 0.250 e. The van der Waals surface area contributed by atoms with Crippen LogP contribution in [0.15, 0.2) is 65.6 Å². The van der Waals surface area contributed by atoms with Crippen molar-refractivity contribution in [2.75, 3.05) is 5.32 Å². The Labute approximate surface area is 165 Å². The number of benzene rings is 2. The van der Waals surface area contributed by atoms with Gasteiger partial charge >= 0.3 is 0 Å². The number of nitrogens with zero attached hydrogens (tertiary/aromatic N) is 1. The Hall–Kier alpha value is -2.63. The lowest BCUT2D eigenvalue weighted by molar-refractivity contribution is -0.115. The second-order valence-electron chi connectivity index (χ2n) is 5.90. The molecule has 3 aromatic rings. The van der Waals surface area contributed by atoms with Crippen LogP contribution in [-0.2, 0) is 17.8 Å². The predicted molar refractivity (Wildman–Crippen MR) is 105 cm³/mol. The Bertz CT molecular complexity index is 1030. The smallest absolute Gasteiger partial charge is 0.250 e. The first-order valence-corrected chi connectivity index (χ1v) is 8.86. The van der Waals surface area contributed by atoms with E-state index in [0.717, 1.165) is 5.56 Å². The number of rotatable bonds is 5. The van der Waals surface area contributed by atoms with Crippen molar-refractivity contribution in [1.82, 2.24) is 4.57 Å². The van der Waals surface area contributed by atoms with E-state index in [9.17, 15) is 14.0 Å². The van der Waals surface area contributed by atoms with Crippen molar-refractivity contribution in [2.24, 2.45) is 0 Å². The van der Waals surface area contributed by atoms with Gasteiger partial charge in [-0.3, -0.25) is 9.59 Å². The Morgan fingerprint density at radius 1 is 1.00 bits per heavy atom. The molecule has 0 aliphatic carbocycles. The highest BCUT2D eigenvalue weighted by atomic mass is 35.5. The fourth-order valence-electron chi connectivity index (χ4n) is 2.61. The molecule has 0 aliphatic rings. The van der Waals surface area contributed by atoms with Crippen molar-refractivity contribution in [3.8, 4) is 0 Å². The summed E-state index contributed by atoms with van der Waals surface area (Å²) in [6.45, 7) is 0.265. The molecule has 27 heavy (non-hydrogen) atoms. The number of carbonyl (C=O) groups excluding carboxylic acids is 1. The van der Waals surface area contributed by atoms with Crippen LogP contribution in [0.2, 0.25) is 10.0 Å². The molecule has 0 saturated heterocycles. The zero-order valence-electron chi connectivity index (χ0n) is 14.1. The van der Waals surface area contributed by atoms with Crippen molar-refractivity contribution >= 4 is 34.8 Å². The minimum atomic E-state index is -0.540. The molecule has 138 valence electrons. The van der Waals surface area contributed by atoms with Gasteiger partial charge in [0.25, 0.3) is 5.56 Å². The number of hydrogen-bond donors (Lipinski definition) is 1. The number of carbonyl (C=O) groups is 1. The first kappa shape index (κ1) is 19.1. The molecule has 0 fully saturated rings. The van der Waals surface area contributed by atoms with E-state index in [-0.39, 0.29) is 29.1 Å². The number of anilines is 1. The number of hydrogen-bond acceptors (Lipinski definition) is 2. The van der Waals surface area contributed by atoms with Gasteiger partial charge in [0.2, 0.25) is 5.91 Å². The minimum Gasteiger partial charge on any atom is -0.324 e. The molecule has 1 heterocycles. The van der Waals surface area contributed by atoms with E-state index in [4.69, 9.17) is 23.2 Å². The summed E-state index contributed by atoms with van der Waals surface area (Å²) >= 11 is 12.1. The zero-order valence-corrected chi connectivity index (χ0v) is 15.6. The van der Waals surface area contributed by atoms with Gasteiger partial charge in [0.05, 0.1) is 18.7 Å². The van der Waals surface area contributed by atoms with Gasteiger partial charge in [-0.2, -0.15) is 0 Å². The molecule has 0 saturated carbocycles. The molecule has 0 spiro atoms. The van der Waals surface area contributed by atoms with E-state index in [1.165, 1.54) is 41.1 Å². The quantitative estimate of drug-likeness (QED) is 0.679. The van der Waals surface area contributed by atoms with E-state index < -0.39 is 11.7 Å². The molecule has 7 heteroatoms. The van der Waals surface area contributed by atoms with Crippen molar-refractivity contribution < 1.29 is 9.18 Å². The molecular formula is C20H15Cl2FN2O2. The largest absolute Gasteiger partial charge is 0.324 e. The normalized spacial score (nSPS) is 10.6. The van der Waals surface area contributed by atoms with Crippen LogP contribution < -0.4 is 10.9 Å². The third kappa shape index (κ3) is 4.76. The zero-order chi connectivity index (χ0) is 19.4. The van der Waals surface area contributed by atoms with Gasteiger partial charge in [-0.1, -0.05) is 47.5 Å². The predicted octanol–water partition coefficient (Wildman–Crippen LogP) is 4.52. The number of nitrogens with one attached hydrogen (secondary N) is 1. The van der Waals surface area contributed by atoms with Gasteiger partial charge in [-0.25, -0.2) is 4.39 Å². The second-order valence-corrected chi connectivity index (χ2v) is 6.71. The number of amides is 1. The first-order chi connectivity index (χ1) is 12.9. The van der Waals surface area contributed by atoms with Gasteiger partial charge in [-0.05, 0) is 29.8 Å². The summed E-state index contributed by atoms with van der Waals surface area (Å²) in [5.74, 6) is -0.980. The second kappa shape index (κ2) is 8.37. The average Bonchev–Trinajstić information content (AvgIpc) is 2.63. The molecule has 4 nitrogen and oxygen atoms in total. The highest BCUT2D eigenvalue weighted by molar-refractivity contribution is 6.31. The molecular weight excluding hydrogens is 390 g/mol. The molecule has 1 aromatic heterocycles. The van der Waals surface area contributed by atoms with Crippen LogP contribution in [-0.4, -0.2) is 10.5 Å². The molecule has 2 aromatic carbocycles. The molecule has 0 bridgehead atoms. The lowest BCUT2D eigenvalue weighted by Gasteiger charge is -2.11. The molecule has 3 rings (SSSR count). The van der Waals surface area contributed by atoms with Gasteiger partial charge < -0.3 is 9.88 Å². The molecule has 1 amide bonds. The average molecular weight is 405 g/mol. The Balaban J connectivity index is 1.77. The van der Waals surface area contributed by atoms with Crippen LogP contribution in [0.5, 0.6) is 0 Å². The lowest BCUT2D eigenvalue weighted by atomic mass is 10.1. The van der Waals surface area contributed by atoms with Crippen LogP contribution in [0.3, 0.4) is 0 Å². The standard InChI is InChI=1S/C20H15Cl2FN2O2/c21-16-5-2-1-4-13(16)11-25-12-14(8-9-20(25)27)24-19(26)10-15-17(22)6-3-7-18(15)23/h1-9,12H,10-11H2,(H,24,26). The maximum atomic E-state index is 13.8. The van der Waals surface area contributed by atoms with Gasteiger partial charge in [0.15, 0.2) is 0 Å². The third-order valence-electron chi connectivity index (χ3n) is 3.96. The van der Waals surface area contributed by atoms with Gasteiger partial charge in [0, 0.05) is 27.9 Å². The van der Waals surface area contributed by atoms with Crippen LogP contribution >= 0.6 is 23.2 Å². The topological polar surface area (TPSA) is 51.1 Å². The van der Waals surface area contributed by atoms with Crippen molar-refractivity contribution in [1.29, 1.82) is 0 Å². The van der Waals surface area contributed by atoms with E-state index in [2.05, 4.69) is 5.32 Å². The summed E-state index contributed by atoms with van der Waals surface area (Å²) in [6.07, 6.45) is 1.31. The molecule has 0 unspecified atom stereocenters. The van der Waals surface area contributed by atoms with Gasteiger partial charge in [-0.15, -0.1) is 0 Å². The SMILES string of the molecule is O=C(Cc1c(F)cccc1Cl)Nc1ccc(=O)n(Cc2ccccc2Cl)c1. The van der Waals surface area contributed by atoms with Crippen LogP contribution in [0.1, 0.15) is 11.1 Å². The van der Waals surface area contributed by atoms with E-state index >= 15 is 0 Å². The summed E-state index contributed by atoms with van der Waals surface area (Å²) in [4.78, 5) is 24.3. The molecule has 0 atom stereocenters. The summed E-state index contributed by atoms with van der Waals surface area (Å²) in [5, 5.41) is 3.39. The third-order valence-corrected chi connectivity index (χ3v) is 4.69. The highest BCUT2D eigenvalue weighted by Crippen LogP contribution is 2.20. The number of aromatic nitrogens is 1. The fraction of sp³-hybridized carbons (Fsp3) is 0.100. The number of halogens is 3. The van der Waals surface area contributed by atoms with Crippen molar-refractivity contribution in [3.05, 3.63) is 98.1 Å². The van der Waals surface area contributed by atoms with E-state index in [1.807, 2.05) is 12.1 Å². The Kier molecular flexibility index (Phi) is 5.94. The summed E-state index contributed by atoms with van der Waals surface area (Å²) < 4.78 is 15.3. The number of pyridine rings is 1. The summed E-state index contributed by atoms with van der Waals surface area (Å²) in [6, 6.07) is 14.3. The van der Waals surface area contributed by atoms with Gasteiger partial charge in [0.1, 0.15) is 5.82 Å². The molecule has 1 N–H and O–H groups in total. The summed E-state index contributed by atoms with van der Waals surface area (Å²) in [7, 11) is 0. The van der Waals surface area contributed by atoms with Crippen LogP contribution in [0.4, 0.5) is 10.1 Å². The first-order valence-electron chi connectivity index (χ1n) is 8.10. The Morgan fingerprint density at radius 3 is 2.48 bits per heavy atom. The highest BCUT2D eigenvalue weighted by Gasteiger charge is 2.12. The van der Waals surface area contributed by atoms with Crippen LogP contribution in [0.25, 0.3) is 0 Å². The van der Waals surface area contributed by atoms with Crippen LogP contribution in [0, 0.1) is 5.82 Å². The monoisotopic (exact) mass is 404 g/mol. The van der Waals surface area contributed by atoms with Crippen molar-refractivity contribution in [3.63, 3.8) is 0 Å². The molecule has 0 radical (unpaired) electrons. The fourth-order valence-corrected chi connectivity index (χ4v) is 3.03. The lowest BCUT2D eigenvalue weighted by Crippen LogP contribution is -2.22. The van der Waals surface area contributed by atoms with E-state index in [0.29, 0.717) is 10.7 Å². The summed E-state index contributed by atoms with van der Waals surface area (Å²) in [5.41, 5.74) is 1.09. The minimum absolute atomic E-state index is 0.126. The van der Waals surface area contributed by atoms with Crippen molar-refractivity contribution in [2.45, 2.75) is 13.0 Å². The Morgan fingerprint density at radius 2 is 1.74 bits per heavy atom. The molecule has 0 aliphatic heterocycles. The maximum absolute atomic E-state index is 13.8. The van der Waals surface area contributed by atoms with E-state index in [1.54, 1.807) is 12.1 Å².